The molecule has 1 aromatic carbocycles. The number of aromatic nitrogens is 1. The van der Waals surface area contributed by atoms with Crippen LogP contribution in [0.4, 0.5) is 19.0 Å². The van der Waals surface area contributed by atoms with Crippen LogP contribution in [0.1, 0.15) is 16.7 Å². The summed E-state index contributed by atoms with van der Waals surface area (Å²) in [5.74, 6) is -0.497. The molecule has 0 amide bonds. The molecule has 1 heterocycles. The maximum absolute atomic E-state index is 13.1. The molecular formula is C15H9F3N4O3S. The SMILES string of the molecule is CS(=O)(=O)c1ccc(C(F)(F)F)cc1-c1c(C#N)c(N)[nH]c(=O)c1C#N. The summed E-state index contributed by atoms with van der Waals surface area (Å²) in [7, 11) is -4.06. The minimum Gasteiger partial charge on any atom is -0.384 e. The van der Waals surface area contributed by atoms with Gasteiger partial charge in [0.05, 0.1) is 10.5 Å². The first kappa shape index (κ1) is 19.0. The lowest BCUT2D eigenvalue weighted by atomic mass is 9.95. The molecule has 0 aliphatic heterocycles. The molecule has 1 aromatic heterocycles. The molecular weight excluding hydrogens is 373 g/mol. The molecule has 134 valence electrons. The van der Waals surface area contributed by atoms with E-state index in [1.54, 1.807) is 6.07 Å². The molecule has 0 spiro atoms. The first-order valence-electron chi connectivity index (χ1n) is 6.69. The third-order valence-corrected chi connectivity index (χ3v) is 4.60. The molecule has 11 heteroatoms. The van der Waals surface area contributed by atoms with Crippen molar-refractivity contribution in [3.05, 3.63) is 45.2 Å². The summed E-state index contributed by atoms with van der Waals surface area (Å²) in [4.78, 5) is 13.4. The second kappa shape index (κ2) is 6.20. The highest BCUT2D eigenvalue weighted by molar-refractivity contribution is 7.90. The van der Waals surface area contributed by atoms with E-state index in [1.165, 1.54) is 6.07 Å². The molecule has 0 radical (unpaired) electrons. The summed E-state index contributed by atoms with van der Waals surface area (Å²) in [6, 6.07) is 4.77. The first-order valence-corrected chi connectivity index (χ1v) is 8.58. The van der Waals surface area contributed by atoms with Gasteiger partial charge in [0.25, 0.3) is 5.56 Å². The number of alkyl halides is 3. The predicted molar refractivity (Wildman–Crippen MR) is 84.5 cm³/mol. The van der Waals surface area contributed by atoms with Gasteiger partial charge in [-0.1, -0.05) is 0 Å². The number of rotatable bonds is 2. The Kier molecular flexibility index (Phi) is 4.54. The number of nitrogens with two attached hydrogens (primary N) is 1. The molecule has 0 saturated heterocycles. The van der Waals surface area contributed by atoms with Gasteiger partial charge in [-0.3, -0.25) is 4.79 Å². The summed E-state index contributed by atoms with van der Waals surface area (Å²) in [5, 5.41) is 18.5. The predicted octanol–water partition coefficient (Wildman–Crippen LogP) is 1.79. The summed E-state index contributed by atoms with van der Waals surface area (Å²) in [6.45, 7) is 0. The number of hydrogen-bond acceptors (Lipinski definition) is 6. The van der Waals surface area contributed by atoms with Gasteiger partial charge in [-0.2, -0.15) is 23.7 Å². The molecule has 0 saturated carbocycles. The zero-order valence-electron chi connectivity index (χ0n) is 13.0. The van der Waals surface area contributed by atoms with Crippen molar-refractivity contribution in [2.24, 2.45) is 0 Å². The molecule has 2 rings (SSSR count). The van der Waals surface area contributed by atoms with E-state index in [1.807, 2.05) is 4.98 Å². The lowest BCUT2D eigenvalue weighted by Gasteiger charge is -2.15. The summed E-state index contributed by atoms with van der Waals surface area (Å²) >= 11 is 0. The zero-order chi connectivity index (χ0) is 19.9. The van der Waals surface area contributed by atoms with E-state index in [2.05, 4.69) is 0 Å². The van der Waals surface area contributed by atoms with Crippen molar-refractivity contribution >= 4 is 15.7 Å². The fourth-order valence-electron chi connectivity index (χ4n) is 2.34. The number of nitrogens with zero attached hydrogens (tertiary/aromatic N) is 2. The number of aromatic amines is 1. The fourth-order valence-corrected chi connectivity index (χ4v) is 3.21. The molecule has 0 fully saturated rings. The second-order valence-corrected chi connectivity index (χ2v) is 7.18. The van der Waals surface area contributed by atoms with Gasteiger partial charge in [-0.05, 0) is 18.2 Å². The molecule has 7 nitrogen and oxygen atoms in total. The quantitative estimate of drug-likeness (QED) is 0.811. The fraction of sp³-hybridized carbons (Fsp3) is 0.133. The van der Waals surface area contributed by atoms with E-state index in [9.17, 15) is 36.9 Å². The number of sulfone groups is 1. The first-order chi connectivity index (χ1) is 11.9. The average molecular weight is 382 g/mol. The number of nitrogen functional groups attached to an aromatic ring is 1. The summed E-state index contributed by atoms with van der Waals surface area (Å²) < 4.78 is 63.2. The van der Waals surface area contributed by atoms with Crippen molar-refractivity contribution < 1.29 is 21.6 Å². The lowest BCUT2D eigenvalue weighted by molar-refractivity contribution is -0.137. The van der Waals surface area contributed by atoms with Gasteiger partial charge >= 0.3 is 6.18 Å². The number of H-pyrrole nitrogens is 1. The van der Waals surface area contributed by atoms with Crippen LogP contribution in [0, 0.1) is 22.7 Å². The van der Waals surface area contributed by atoms with Gasteiger partial charge in [-0.15, -0.1) is 0 Å². The topological polar surface area (TPSA) is 141 Å². The number of nitriles is 2. The molecule has 0 aliphatic carbocycles. The van der Waals surface area contributed by atoms with Crippen molar-refractivity contribution in [2.75, 3.05) is 12.0 Å². The third-order valence-electron chi connectivity index (χ3n) is 3.44. The molecule has 0 atom stereocenters. The Bertz CT molecular complexity index is 1150. The molecule has 0 unspecified atom stereocenters. The van der Waals surface area contributed by atoms with Crippen LogP contribution in [0.2, 0.25) is 0 Å². The number of halogens is 3. The van der Waals surface area contributed by atoms with Crippen molar-refractivity contribution in [2.45, 2.75) is 11.1 Å². The Balaban J connectivity index is 3.13. The van der Waals surface area contributed by atoms with Crippen LogP contribution in [-0.4, -0.2) is 19.7 Å². The lowest BCUT2D eigenvalue weighted by Crippen LogP contribution is -2.17. The maximum Gasteiger partial charge on any atom is 0.416 e. The largest absolute Gasteiger partial charge is 0.416 e. The Morgan fingerprint density at radius 2 is 1.73 bits per heavy atom. The van der Waals surface area contributed by atoms with Crippen LogP contribution >= 0.6 is 0 Å². The van der Waals surface area contributed by atoms with Crippen LogP contribution in [0.15, 0.2) is 27.9 Å². The standard InChI is InChI=1S/C15H9F3N4O3S/c1-26(24,25)11-3-2-7(15(16,17)18)4-8(11)12-9(5-19)13(21)22-14(23)10(12)6-20/h2-4H,1H3,(H3,21,22,23). The summed E-state index contributed by atoms with van der Waals surface area (Å²) in [6.07, 6.45) is -4.08. The van der Waals surface area contributed by atoms with Crippen LogP contribution in [0.5, 0.6) is 0 Å². The van der Waals surface area contributed by atoms with Gasteiger partial charge in [0, 0.05) is 17.4 Å². The van der Waals surface area contributed by atoms with Gasteiger partial charge < -0.3 is 10.7 Å². The molecule has 26 heavy (non-hydrogen) atoms. The minimum atomic E-state index is -4.82. The van der Waals surface area contributed by atoms with Crippen LogP contribution in [0.25, 0.3) is 11.1 Å². The van der Waals surface area contributed by atoms with Crippen molar-refractivity contribution in [3.63, 3.8) is 0 Å². The highest BCUT2D eigenvalue weighted by atomic mass is 32.2. The van der Waals surface area contributed by atoms with Gasteiger partial charge in [0.15, 0.2) is 9.84 Å². The van der Waals surface area contributed by atoms with E-state index in [4.69, 9.17) is 5.73 Å². The number of hydrogen-bond donors (Lipinski definition) is 2. The normalized spacial score (nSPS) is 11.6. The molecule has 0 bridgehead atoms. The van der Waals surface area contributed by atoms with Crippen molar-refractivity contribution in [1.82, 2.24) is 4.98 Å². The minimum absolute atomic E-state index is 0.465. The summed E-state index contributed by atoms with van der Waals surface area (Å²) in [5.41, 5.74) is 0.840. The maximum atomic E-state index is 13.1. The van der Waals surface area contributed by atoms with E-state index in [0.717, 1.165) is 6.26 Å². The monoisotopic (exact) mass is 382 g/mol. The van der Waals surface area contributed by atoms with Gasteiger partial charge in [-0.25, -0.2) is 8.42 Å². The van der Waals surface area contributed by atoms with Crippen molar-refractivity contribution in [1.29, 1.82) is 10.5 Å². The van der Waals surface area contributed by atoms with Crippen molar-refractivity contribution in [3.8, 4) is 23.3 Å². The number of pyridine rings is 1. The van der Waals surface area contributed by atoms with Gasteiger partial charge in [0.2, 0.25) is 0 Å². The van der Waals surface area contributed by atoms with Crippen LogP contribution in [-0.2, 0) is 16.0 Å². The van der Waals surface area contributed by atoms with E-state index in [0.29, 0.717) is 18.2 Å². The van der Waals surface area contributed by atoms with E-state index < -0.39 is 60.1 Å². The average Bonchev–Trinajstić information content (AvgIpc) is 2.52. The van der Waals surface area contributed by atoms with Crippen LogP contribution < -0.4 is 11.3 Å². The van der Waals surface area contributed by atoms with E-state index >= 15 is 0 Å². The number of benzene rings is 1. The highest BCUT2D eigenvalue weighted by Gasteiger charge is 2.33. The Hall–Kier alpha value is -3.31. The second-order valence-electron chi connectivity index (χ2n) is 5.20. The number of nitrogens with one attached hydrogen (secondary N) is 1. The Morgan fingerprint density at radius 1 is 1.15 bits per heavy atom. The van der Waals surface area contributed by atoms with Gasteiger partial charge in [0.1, 0.15) is 29.1 Å². The Labute approximate surface area is 145 Å². The molecule has 2 aromatic rings. The van der Waals surface area contributed by atoms with E-state index in [-0.39, 0.29) is 0 Å². The molecule has 0 aliphatic rings. The van der Waals surface area contributed by atoms with Crippen LogP contribution in [0.3, 0.4) is 0 Å². The Morgan fingerprint density at radius 3 is 2.19 bits per heavy atom. The third kappa shape index (κ3) is 3.25. The highest BCUT2D eigenvalue weighted by Crippen LogP contribution is 2.38. The zero-order valence-corrected chi connectivity index (χ0v) is 13.8. The molecule has 3 N–H and O–H groups in total. The smallest absolute Gasteiger partial charge is 0.384 e. The number of anilines is 1.